The van der Waals surface area contributed by atoms with Gasteiger partial charge in [-0.05, 0) is 25.0 Å². The van der Waals surface area contributed by atoms with Crippen LogP contribution in [0.4, 0.5) is 0 Å². The fourth-order valence-corrected chi connectivity index (χ4v) is 1.73. The van der Waals surface area contributed by atoms with Crippen molar-refractivity contribution in [3.63, 3.8) is 0 Å². The Bertz CT molecular complexity index is 416. The zero-order valence-electron chi connectivity index (χ0n) is 8.32. The molecule has 2 rings (SSSR count). The van der Waals surface area contributed by atoms with Crippen molar-refractivity contribution in [2.24, 2.45) is 5.92 Å². The van der Waals surface area contributed by atoms with Gasteiger partial charge in [0.05, 0.1) is 10.0 Å². The van der Waals surface area contributed by atoms with Gasteiger partial charge in [0.2, 0.25) is 0 Å². The Morgan fingerprint density at radius 2 is 2.06 bits per heavy atom. The van der Waals surface area contributed by atoms with Gasteiger partial charge in [-0.3, -0.25) is 0 Å². The van der Waals surface area contributed by atoms with Gasteiger partial charge < -0.3 is 9.84 Å². The number of carboxylic acid groups (broad SMARTS) is 1. The molecule has 1 aromatic carbocycles. The molecule has 1 aliphatic rings. The van der Waals surface area contributed by atoms with Crippen LogP contribution < -0.4 is 4.74 Å². The van der Waals surface area contributed by atoms with Gasteiger partial charge in [-0.1, -0.05) is 23.2 Å². The van der Waals surface area contributed by atoms with Gasteiger partial charge in [0.15, 0.2) is 6.10 Å². The van der Waals surface area contributed by atoms with E-state index >= 15 is 0 Å². The normalized spacial score (nSPS) is 16.9. The predicted octanol–water partition coefficient (Wildman–Crippen LogP) is 3.24. The highest BCUT2D eigenvalue weighted by Gasteiger charge is 2.38. The Labute approximate surface area is 103 Å². The Morgan fingerprint density at radius 1 is 1.38 bits per heavy atom. The van der Waals surface area contributed by atoms with Crippen LogP contribution in [0.5, 0.6) is 5.75 Å². The first-order chi connectivity index (χ1) is 7.58. The summed E-state index contributed by atoms with van der Waals surface area (Å²) in [5, 5.41) is 9.77. The zero-order chi connectivity index (χ0) is 11.7. The average molecular weight is 261 g/mol. The molecule has 0 bridgehead atoms. The predicted molar refractivity (Wildman–Crippen MR) is 61.2 cm³/mol. The number of benzene rings is 1. The van der Waals surface area contributed by atoms with Gasteiger partial charge in [-0.15, -0.1) is 0 Å². The number of ether oxygens (including phenoxy) is 1. The molecule has 0 saturated heterocycles. The molecule has 1 fully saturated rings. The van der Waals surface area contributed by atoms with Crippen molar-refractivity contribution in [3.05, 3.63) is 28.2 Å². The van der Waals surface area contributed by atoms with E-state index in [0.29, 0.717) is 15.8 Å². The highest BCUT2D eigenvalue weighted by Crippen LogP contribution is 2.36. The van der Waals surface area contributed by atoms with E-state index < -0.39 is 12.1 Å². The number of carbonyl (C=O) groups is 1. The van der Waals surface area contributed by atoms with Crippen LogP contribution in [0.1, 0.15) is 12.8 Å². The minimum Gasteiger partial charge on any atom is -0.478 e. The lowest BCUT2D eigenvalue weighted by atomic mass is 10.2. The van der Waals surface area contributed by atoms with E-state index in [2.05, 4.69) is 0 Å². The maximum Gasteiger partial charge on any atom is 0.345 e. The van der Waals surface area contributed by atoms with Crippen molar-refractivity contribution in [2.75, 3.05) is 0 Å². The largest absolute Gasteiger partial charge is 0.478 e. The summed E-state index contributed by atoms with van der Waals surface area (Å²) in [5.74, 6) is -0.380. The summed E-state index contributed by atoms with van der Waals surface area (Å²) < 4.78 is 5.39. The number of hydrogen-bond donors (Lipinski definition) is 1. The molecule has 1 unspecified atom stereocenters. The van der Waals surface area contributed by atoms with Crippen LogP contribution in [0, 0.1) is 5.92 Å². The summed E-state index contributed by atoms with van der Waals surface area (Å²) in [6, 6.07) is 4.74. The molecule has 0 radical (unpaired) electrons. The fourth-order valence-electron chi connectivity index (χ4n) is 1.44. The Hall–Kier alpha value is -0.930. The number of rotatable bonds is 4. The van der Waals surface area contributed by atoms with Gasteiger partial charge in [-0.25, -0.2) is 4.79 Å². The standard InChI is InChI=1S/C11H10Cl2O3/c12-8-4-3-7(5-9(8)13)16-10(11(14)15)6-1-2-6/h3-6,10H,1-2H2,(H,14,15). The SMILES string of the molecule is O=C(O)C(Oc1ccc(Cl)c(Cl)c1)C1CC1. The molecular weight excluding hydrogens is 251 g/mol. The van der Waals surface area contributed by atoms with Crippen molar-refractivity contribution in [3.8, 4) is 5.75 Å². The van der Waals surface area contributed by atoms with Crippen LogP contribution in [0.25, 0.3) is 0 Å². The molecule has 0 aliphatic heterocycles. The lowest BCUT2D eigenvalue weighted by Crippen LogP contribution is -2.29. The van der Waals surface area contributed by atoms with E-state index in [4.69, 9.17) is 33.0 Å². The average Bonchev–Trinajstić information content (AvgIpc) is 3.03. The van der Waals surface area contributed by atoms with Crippen LogP contribution in [0.15, 0.2) is 18.2 Å². The summed E-state index contributed by atoms with van der Waals surface area (Å²) >= 11 is 11.6. The molecule has 1 aromatic rings. The molecule has 0 spiro atoms. The Kier molecular flexibility index (Phi) is 3.26. The summed E-state index contributed by atoms with van der Waals surface area (Å²) in [4.78, 5) is 11.0. The summed E-state index contributed by atoms with van der Waals surface area (Å²) in [5.41, 5.74) is 0. The second-order valence-electron chi connectivity index (χ2n) is 3.79. The lowest BCUT2D eigenvalue weighted by molar-refractivity contribution is -0.146. The van der Waals surface area contributed by atoms with Crippen molar-refractivity contribution in [1.29, 1.82) is 0 Å². The summed E-state index contributed by atoms with van der Waals surface area (Å²) in [6.07, 6.45) is 1.02. The van der Waals surface area contributed by atoms with Gasteiger partial charge in [-0.2, -0.15) is 0 Å². The molecule has 16 heavy (non-hydrogen) atoms. The molecule has 1 N–H and O–H groups in total. The van der Waals surface area contributed by atoms with Gasteiger partial charge >= 0.3 is 5.97 Å². The van der Waals surface area contributed by atoms with E-state index in [1.165, 1.54) is 6.07 Å². The van der Waals surface area contributed by atoms with Gasteiger partial charge in [0, 0.05) is 12.0 Å². The number of halogens is 2. The van der Waals surface area contributed by atoms with Crippen LogP contribution in [0.2, 0.25) is 10.0 Å². The Balaban J connectivity index is 2.12. The van der Waals surface area contributed by atoms with Crippen LogP contribution in [-0.2, 0) is 4.79 Å². The maximum absolute atomic E-state index is 11.0. The molecular formula is C11H10Cl2O3. The monoisotopic (exact) mass is 260 g/mol. The second kappa shape index (κ2) is 4.52. The van der Waals surface area contributed by atoms with Crippen LogP contribution in [0.3, 0.4) is 0 Å². The van der Waals surface area contributed by atoms with Gasteiger partial charge in [0.1, 0.15) is 5.75 Å². The van der Waals surface area contributed by atoms with Crippen molar-refractivity contribution >= 4 is 29.2 Å². The van der Waals surface area contributed by atoms with Crippen LogP contribution in [-0.4, -0.2) is 17.2 Å². The first kappa shape index (κ1) is 11.6. The maximum atomic E-state index is 11.0. The zero-order valence-corrected chi connectivity index (χ0v) is 9.83. The quantitative estimate of drug-likeness (QED) is 0.904. The third kappa shape index (κ3) is 2.60. The molecule has 0 heterocycles. The molecule has 1 aliphatic carbocycles. The number of carboxylic acids is 1. The smallest absolute Gasteiger partial charge is 0.345 e. The molecule has 5 heteroatoms. The fraction of sp³-hybridized carbons (Fsp3) is 0.364. The van der Waals surface area contributed by atoms with E-state index in [9.17, 15) is 4.79 Å². The van der Waals surface area contributed by atoms with E-state index in [1.54, 1.807) is 12.1 Å². The third-order valence-electron chi connectivity index (χ3n) is 2.45. The summed E-state index contributed by atoms with van der Waals surface area (Å²) in [7, 11) is 0. The van der Waals surface area contributed by atoms with E-state index in [1.807, 2.05) is 0 Å². The molecule has 1 saturated carbocycles. The molecule has 3 nitrogen and oxygen atoms in total. The van der Waals surface area contributed by atoms with Crippen molar-refractivity contribution < 1.29 is 14.6 Å². The molecule has 0 amide bonds. The third-order valence-corrected chi connectivity index (χ3v) is 3.19. The second-order valence-corrected chi connectivity index (χ2v) is 4.60. The topological polar surface area (TPSA) is 46.5 Å². The number of aliphatic carboxylic acids is 1. The van der Waals surface area contributed by atoms with Crippen LogP contribution >= 0.6 is 23.2 Å². The molecule has 0 aromatic heterocycles. The highest BCUT2D eigenvalue weighted by atomic mass is 35.5. The van der Waals surface area contributed by atoms with E-state index in [-0.39, 0.29) is 5.92 Å². The van der Waals surface area contributed by atoms with E-state index in [0.717, 1.165) is 12.8 Å². The first-order valence-corrected chi connectivity index (χ1v) is 5.68. The molecule has 86 valence electrons. The van der Waals surface area contributed by atoms with Gasteiger partial charge in [0.25, 0.3) is 0 Å². The minimum atomic E-state index is -0.937. The minimum absolute atomic E-state index is 0.118. The van der Waals surface area contributed by atoms with Crippen molar-refractivity contribution in [2.45, 2.75) is 18.9 Å². The highest BCUT2D eigenvalue weighted by molar-refractivity contribution is 6.42. The number of hydrogen-bond acceptors (Lipinski definition) is 2. The summed E-state index contributed by atoms with van der Waals surface area (Å²) in [6.45, 7) is 0. The lowest BCUT2D eigenvalue weighted by Gasteiger charge is -2.14. The first-order valence-electron chi connectivity index (χ1n) is 4.92. The Morgan fingerprint density at radius 3 is 2.56 bits per heavy atom. The molecule has 1 atom stereocenters. The van der Waals surface area contributed by atoms with Crippen molar-refractivity contribution in [1.82, 2.24) is 0 Å².